The second-order valence-electron chi connectivity index (χ2n) is 3.69. The standard InChI is InChI=1S/C10H17Cl2N3S/c1-7(16-3)4-5-13-6-8-9(11)14-10(12)15(8)2/h7,13H,4-6H2,1-3H3. The fraction of sp³-hybridized carbons (Fsp3) is 0.700. The van der Waals surface area contributed by atoms with Crippen LogP contribution in [0.5, 0.6) is 0 Å². The van der Waals surface area contributed by atoms with Crippen molar-refractivity contribution >= 4 is 35.0 Å². The van der Waals surface area contributed by atoms with Gasteiger partial charge in [0.15, 0.2) is 5.15 Å². The van der Waals surface area contributed by atoms with Gasteiger partial charge in [-0.05, 0) is 30.8 Å². The first-order chi connectivity index (χ1) is 7.56. The lowest BCUT2D eigenvalue weighted by molar-refractivity contribution is 0.625. The summed E-state index contributed by atoms with van der Waals surface area (Å²) in [7, 11) is 1.86. The van der Waals surface area contributed by atoms with Crippen LogP contribution in [-0.2, 0) is 13.6 Å². The molecule has 1 atom stereocenters. The van der Waals surface area contributed by atoms with Gasteiger partial charge in [-0.25, -0.2) is 4.98 Å². The Morgan fingerprint density at radius 1 is 1.50 bits per heavy atom. The monoisotopic (exact) mass is 281 g/mol. The third-order valence-electron chi connectivity index (χ3n) is 2.53. The van der Waals surface area contributed by atoms with Gasteiger partial charge in [-0.3, -0.25) is 0 Å². The highest BCUT2D eigenvalue weighted by molar-refractivity contribution is 7.99. The smallest absolute Gasteiger partial charge is 0.204 e. The van der Waals surface area contributed by atoms with E-state index in [4.69, 9.17) is 23.2 Å². The van der Waals surface area contributed by atoms with E-state index in [2.05, 4.69) is 23.5 Å². The molecule has 6 heteroatoms. The number of nitrogens with one attached hydrogen (secondary N) is 1. The van der Waals surface area contributed by atoms with Crippen LogP contribution in [0.25, 0.3) is 0 Å². The zero-order valence-electron chi connectivity index (χ0n) is 9.76. The van der Waals surface area contributed by atoms with E-state index < -0.39 is 0 Å². The normalized spacial score (nSPS) is 13.1. The summed E-state index contributed by atoms with van der Waals surface area (Å²) in [5, 5.41) is 4.94. The van der Waals surface area contributed by atoms with Crippen molar-refractivity contribution in [3.63, 3.8) is 0 Å². The van der Waals surface area contributed by atoms with Gasteiger partial charge in [0.2, 0.25) is 5.28 Å². The van der Waals surface area contributed by atoms with Crippen LogP contribution in [0.2, 0.25) is 10.4 Å². The number of halogens is 2. The van der Waals surface area contributed by atoms with Crippen molar-refractivity contribution in [2.45, 2.75) is 25.1 Å². The van der Waals surface area contributed by atoms with Crippen LogP contribution in [0.15, 0.2) is 0 Å². The molecule has 1 unspecified atom stereocenters. The highest BCUT2D eigenvalue weighted by Crippen LogP contribution is 2.19. The molecule has 0 saturated carbocycles. The largest absolute Gasteiger partial charge is 0.319 e. The summed E-state index contributed by atoms with van der Waals surface area (Å²) in [4.78, 5) is 3.99. The van der Waals surface area contributed by atoms with Gasteiger partial charge in [0.25, 0.3) is 0 Å². The van der Waals surface area contributed by atoms with E-state index in [9.17, 15) is 0 Å². The van der Waals surface area contributed by atoms with Gasteiger partial charge in [0, 0.05) is 18.8 Å². The third-order valence-corrected chi connectivity index (χ3v) is 4.21. The molecule has 0 aliphatic carbocycles. The number of nitrogens with zero attached hydrogens (tertiary/aromatic N) is 2. The van der Waals surface area contributed by atoms with Gasteiger partial charge in [-0.2, -0.15) is 11.8 Å². The van der Waals surface area contributed by atoms with Crippen molar-refractivity contribution in [3.8, 4) is 0 Å². The Kier molecular flexibility index (Phi) is 5.97. The van der Waals surface area contributed by atoms with E-state index in [1.807, 2.05) is 18.8 Å². The molecule has 16 heavy (non-hydrogen) atoms. The molecule has 1 rings (SSSR count). The molecule has 3 nitrogen and oxygen atoms in total. The molecule has 0 fully saturated rings. The molecule has 0 saturated heterocycles. The van der Waals surface area contributed by atoms with Crippen molar-refractivity contribution in [3.05, 3.63) is 16.1 Å². The average Bonchev–Trinajstić information content (AvgIpc) is 2.49. The van der Waals surface area contributed by atoms with Crippen LogP contribution >= 0.6 is 35.0 Å². The van der Waals surface area contributed by atoms with Crippen LogP contribution in [0.4, 0.5) is 0 Å². The summed E-state index contributed by atoms with van der Waals surface area (Å²) in [6.45, 7) is 3.90. The Labute approximate surface area is 111 Å². The van der Waals surface area contributed by atoms with Crippen molar-refractivity contribution in [1.82, 2.24) is 14.9 Å². The summed E-state index contributed by atoms with van der Waals surface area (Å²) in [6, 6.07) is 0. The third kappa shape index (κ3) is 3.84. The Balaban J connectivity index is 2.37. The van der Waals surface area contributed by atoms with E-state index >= 15 is 0 Å². The number of thioether (sulfide) groups is 1. The summed E-state index contributed by atoms with van der Waals surface area (Å²) in [5.41, 5.74) is 0.934. The van der Waals surface area contributed by atoms with E-state index in [1.54, 1.807) is 4.57 Å². The Morgan fingerprint density at radius 2 is 2.19 bits per heavy atom. The molecule has 0 radical (unpaired) electrons. The lowest BCUT2D eigenvalue weighted by atomic mass is 10.3. The van der Waals surface area contributed by atoms with Crippen molar-refractivity contribution in [1.29, 1.82) is 0 Å². The number of rotatable bonds is 6. The maximum absolute atomic E-state index is 5.96. The molecule has 1 heterocycles. The maximum Gasteiger partial charge on any atom is 0.204 e. The zero-order valence-corrected chi connectivity index (χ0v) is 12.1. The van der Waals surface area contributed by atoms with Gasteiger partial charge in [-0.15, -0.1) is 0 Å². The summed E-state index contributed by atoms with van der Waals surface area (Å²) >= 11 is 13.7. The number of hydrogen-bond donors (Lipinski definition) is 1. The molecule has 1 aromatic heterocycles. The molecule has 92 valence electrons. The first kappa shape index (κ1) is 14.2. The average molecular weight is 282 g/mol. The zero-order chi connectivity index (χ0) is 12.1. The van der Waals surface area contributed by atoms with E-state index in [0.29, 0.717) is 22.2 Å². The predicted molar refractivity (Wildman–Crippen MR) is 72.5 cm³/mol. The topological polar surface area (TPSA) is 29.9 Å². The van der Waals surface area contributed by atoms with E-state index in [1.165, 1.54) is 0 Å². The van der Waals surface area contributed by atoms with Crippen LogP contribution in [0, 0.1) is 0 Å². The van der Waals surface area contributed by atoms with Crippen LogP contribution in [-0.4, -0.2) is 27.6 Å². The highest BCUT2D eigenvalue weighted by atomic mass is 35.5. The maximum atomic E-state index is 5.96. The summed E-state index contributed by atoms with van der Waals surface area (Å²) < 4.78 is 1.80. The van der Waals surface area contributed by atoms with Gasteiger partial charge in [-0.1, -0.05) is 18.5 Å². The van der Waals surface area contributed by atoms with Crippen molar-refractivity contribution < 1.29 is 0 Å². The minimum atomic E-state index is 0.430. The second-order valence-corrected chi connectivity index (χ2v) is 5.66. The molecular formula is C10H17Cl2N3S. The molecule has 0 aromatic carbocycles. The number of hydrogen-bond acceptors (Lipinski definition) is 3. The minimum Gasteiger partial charge on any atom is -0.319 e. The Hall–Kier alpha value is 0.1000. The minimum absolute atomic E-state index is 0.430. The molecule has 0 amide bonds. The molecular weight excluding hydrogens is 265 g/mol. The summed E-state index contributed by atoms with van der Waals surface area (Å²) in [6.07, 6.45) is 3.27. The van der Waals surface area contributed by atoms with Crippen LogP contribution in [0.3, 0.4) is 0 Å². The van der Waals surface area contributed by atoms with Crippen molar-refractivity contribution in [2.24, 2.45) is 7.05 Å². The molecule has 0 aliphatic rings. The van der Waals surface area contributed by atoms with Gasteiger partial charge >= 0.3 is 0 Å². The summed E-state index contributed by atoms with van der Waals surface area (Å²) in [5.74, 6) is 0. The van der Waals surface area contributed by atoms with E-state index in [-0.39, 0.29) is 0 Å². The van der Waals surface area contributed by atoms with E-state index in [0.717, 1.165) is 18.7 Å². The molecule has 1 aromatic rings. The first-order valence-electron chi connectivity index (χ1n) is 5.16. The molecule has 1 N–H and O–H groups in total. The predicted octanol–water partition coefficient (Wildman–Crippen LogP) is 2.96. The molecule has 0 spiro atoms. The Morgan fingerprint density at radius 3 is 2.69 bits per heavy atom. The number of aromatic nitrogens is 2. The highest BCUT2D eigenvalue weighted by Gasteiger charge is 2.10. The second kappa shape index (κ2) is 6.74. The fourth-order valence-electron chi connectivity index (χ4n) is 1.29. The fourth-order valence-corrected chi connectivity index (χ4v) is 2.15. The quantitative estimate of drug-likeness (QED) is 0.814. The van der Waals surface area contributed by atoms with Crippen LogP contribution < -0.4 is 5.32 Å². The van der Waals surface area contributed by atoms with Gasteiger partial charge < -0.3 is 9.88 Å². The van der Waals surface area contributed by atoms with Gasteiger partial charge in [0.05, 0.1) is 5.69 Å². The Bertz CT molecular complexity index is 341. The first-order valence-corrected chi connectivity index (χ1v) is 7.20. The molecule has 0 aliphatic heterocycles. The van der Waals surface area contributed by atoms with Crippen LogP contribution in [0.1, 0.15) is 19.0 Å². The SMILES string of the molecule is CSC(C)CCNCc1c(Cl)nc(Cl)n1C. The lowest BCUT2D eigenvalue weighted by Gasteiger charge is -2.09. The van der Waals surface area contributed by atoms with Gasteiger partial charge in [0.1, 0.15) is 0 Å². The lowest BCUT2D eigenvalue weighted by Crippen LogP contribution is -2.19. The molecule has 0 bridgehead atoms. The van der Waals surface area contributed by atoms with Crippen molar-refractivity contribution in [2.75, 3.05) is 12.8 Å². The number of imidazole rings is 1.